The lowest BCUT2D eigenvalue weighted by molar-refractivity contribution is -0.111. The van der Waals surface area contributed by atoms with Gasteiger partial charge in [0.25, 0.3) is 15.9 Å². The van der Waals surface area contributed by atoms with E-state index in [1.165, 1.54) is 32.4 Å². The second-order valence-electron chi connectivity index (χ2n) is 5.52. The number of halogens is 1. The molecular weight excluding hydrogens is 392 g/mol. The monoisotopic (exact) mass is 406 g/mol. The van der Waals surface area contributed by atoms with Gasteiger partial charge in [-0.15, -0.1) is 0 Å². The Kier molecular flexibility index (Phi) is 4.90. The molecule has 1 aliphatic rings. The van der Waals surface area contributed by atoms with Crippen LogP contribution in [0.5, 0.6) is 5.75 Å². The largest absolute Gasteiger partial charge is 0.495 e. The maximum absolute atomic E-state index is 12.7. The van der Waals surface area contributed by atoms with Crippen molar-refractivity contribution in [3.05, 3.63) is 47.5 Å². The van der Waals surface area contributed by atoms with Gasteiger partial charge in [0.15, 0.2) is 11.5 Å². The van der Waals surface area contributed by atoms with E-state index in [1.807, 2.05) is 0 Å². The van der Waals surface area contributed by atoms with Crippen LogP contribution in [-0.4, -0.2) is 44.3 Å². The van der Waals surface area contributed by atoms with E-state index in [0.29, 0.717) is 11.4 Å². The van der Waals surface area contributed by atoms with Crippen molar-refractivity contribution < 1.29 is 17.9 Å². The summed E-state index contributed by atoms with van der Waals surface area (Å²) in [6, 6.07) is 10.8. The van der Waals surface area contributed by atoms with Gasteiger partial charge < -0.3 is 10.5 Å². The van der Waals surface area contributed by atoms with Crippen molar-refractivity contribution in [2.45, 2.75) is 4.90 Å². The number of aliphatic imine (C=N–C) groups is 2. The minimum atomic E-state index is -3.89. The third-order valence-electron chi connectivity index (χ3n) is 3.85. The van der Waals surface area contributed by atoms with E-state index in [9.17, 15) is 13.2 Å². The van der Waals surface area contributed by atoms with Crippen LogP contribution in [0.25, 0.3) is 0 Å². The van der Waals surface area contributed by atoms with Crippen LogP contribution in [0.2, 0.25) is 5.02 Å². The number of sulfonamides is 1. The number of benzene rings is 2. The van der Waals surface area contributed by atoms with Crippen LogP contribution in [-0.2, 0) is 14.8 Å². The molecule has 3 rings (SSSR count). The molecule has 0 saturated heterocycles. The molecule has 1 amide bonds. The highest BCUT2D eigenvalue weighted by Crippen LogP contribution is 2.32. The van der Waals surface area contributed by atoms with Crippen molar-refractivity contribution in [2.75, 3.05) is 14.2 Å². The molecule has 0 bridgehead atoms. The van der Waals surface area contributed by atoms with Crippen LogP contribution in [0.4, 0.5) is 11.4 Å². The zero-order valence-corrected chi connectivity index (χ0v) is 16.0. The first kappa shape index (κ1) is 18.9. The van der Waals surface area contributed by atoms with E-state index in [1.54, 1.807) is 24.3 Å². The minimum absolute atomic E-state index is 0.0348. The molecule has 10 heteroatoms. The van der Waals surface area contributed by atoms with Gasteiger partial charge in [0.1, 0.15) is 10.6 Å². The number of carbonyl (C=O) groups is 1. The summed E-state index contributed by atoms with van der Waals surface area (Å²) < 4.78 is 31.4. The summed E-state index contributed by atoms with van der Waals surface area (Å²) in [6.07, 6.45) is 0. The Hall–Kier alpha value is -2.91. The summed E-state index contributed by atoms with van der Waals surface area (Å²) in [7, 11) is -1.15. The number of methoxy groups -OCH3 is 1. The number of para-hydroxylation sites is 1. The zero-order valence-electron chi connectivity index (χ0n) is 14.4. The molecule has 8 nitrogen and oxygen atoms in total. The van der Waals surface area contributed by atoms with Crippen molar-refractivity contribution in [3.8, 4) is 5.75 Å². The third-order valence-corrected chi connectivity index (χ3v) is 5.94. The molecule has 0 unspecified atom stereocenters. The molecule has 0 aromatic heterocycles. The molecule has 0 aliphatic carbocycles. The van der Waals surface area contributed by atoms with Gasteiger partial charge in [-0.05, 0) is 30.3 Å². The highest BCUT2D eigenvalue weighted by molar-refractivity contribution is 7.90. The van der Waals surface area contributed by atoms with Crippen molar-refractivity contribution >= 4 is 50.5 Å². The molecule has 2 N–H and O–H groups in total. The van der Waals surface area contributed by atoms with Crippen LogP contribution in [0.15, 0.2) is 57.3 Å². The molecule has 0 saturated carbocycles. The number of fused-ring (bicyclic) bond motifs is 1. The van der Waals surface area contributed by atoms with Crippen molar-refractivity contribution in [3.63, 3.8) is 0 Å². The van der Waals surface area contributed by atoms with Gasteiger partial charge in [-0.3, -0.25) is 9.10 Å². The number of amides is 1. The number of ether oxygens (including phenoxy) is 1. The molecule has 1 heterocycles. The quantitative estimate of drug-likeness (QED) is 0.784. The van der Waals surface area contributed by atoms with Gasteiger partial charge in [-0.25, -0.2) is 18.4 Å². The number of hydrogen-bond acceptors (Lipinski definition) is 6. The predicted octanol–water partition coefficient (Wildman–Crippen LogP) is 2.27. The average molecular weight is 407 g/mol. The molecule has 0 spiro atoms. The molecule has 27 heavy (non-hydrogen) atoms. The fourth-order valence-electron chi connectivity index (χ4n) is 2.48. The predicted molar refractivity (Wildman–Crippen MR) is 103 cm³/mol. The lowest BCUT2D eigenvalue weighted by Crippen LogP contribution is -2.44. The second kappa shape index (κ2) is 7.01. The lowest BCUT2D eigenvalue weighted by atomic mass is 10.2. The van der Waals surface area contributed by atoms with E-state index < -0.39 is 15.9 Å². The molecule has 2 aromatic rings. The number of primary amides is 1. The molecule has 140 valence electrons. The number of nitrogens with zero attached hydrogens (tertiary/aromatic N) is 3. The van der Waals surface area contributed by atoms with Crippen LogP contribution in [0.3, 0.4) is 0 Å². The summed E-state index contributed by atoms with van der Waals surface area (Å²) >= 11 is 6.07. The Morgan fingerprint density at radius 3 is 2.59 bits per heavy atom. The number of carbonyl (C=O) groups excluding carboxylic acids is 1. The summed E-state index contributed by atoms with van der Waals surface area (Å²) in [6.45, 7) is 0. The van der Waals surface area contributed by atoms with Gasteiger partial charge in [-0.2, -0.15) is 0 Å². The van der Waals surface area contributed by atoms with Crippen molar-refractivity contribution in [2.24, 2.45) is 15.7 Å². The first-order valence-electron chi connectivity index (χ1n) is 7.64. The Labute approximate surface area is 161 Å². The van der Waals surface area contributed by atoms with Crippen LogP contribution < -0.4 is 10.5 Å². The Bertz CT molecular complexity index is 1100. The Balaban J connectivity index is 2.17. The van der Waals surface area contributed by atoms with E-state index in [4.69, 9.17) is 22.1 Å². The summed E-state index contributed by atoms with van der Waals surface area (Å²) in [5.74, 6) is -0.671. The van der Waals surface area contributed by atoms with E-state index in [0.717, 1.165) is 4.31 Å². The first-order valence-corrected chi connectivity index (χ1v) is 9.46. The fourth-order valence-corrected chi connectivity index (χ4v) is 4.02. The summed E-state index contributed by atoms with van der Waals surface area (Å²) in [4.78, 5) is 20.5. The maximum Gasteiger partial charge on any atom is 0.271 e. The fraction of sp³-hybridized carbons (Fsp3) is 0.118. The van der Waals surface area contributed by atoms with Crippen molar-refractivity contribution in [1.29, 1.82) is 0 Å². The molecule has 0 fully saturated rings. The van der Waals surface area contributed by atoms with Gasteiger partial charge in [0.2, 0.25) is 0 Å². The zero-order chi connectivity index (χ0) is 19.8. The maximum atomic E-state index is 12.7. The van der Waals surface area contributed by atoms with Gasteiger partial charge in [0.05, 0.1) is 23.5 Å². The molecule has 1 aliphatic heterocycles. The Morgan fingerprint density at radius 2 is 1.96 bits per heavy atom. The molecular formula is C17H15ClN4O4S. The Morgan fingerprint density at radius 1 is 1.26 bits per heavy atom. The van der Waals surface area contributed by atoms with Gasteiger partial charge in [0, 0.05) is 7.05 Å². The SMILES string of the molecule is COc1ccc(N=C(C(N)=O)C2=Nc3ccccc3S(=O)(=O)N2C)cc1Cl. The van der Waals surface area contributed by atoms with E-state index >= 15 is 0 Å². The number of amidine groups is 1. The minimum Gasteiger partial charge on any atom is -0.495 e. The van der Waals surface area contributed by atoms with Gasteiger partial charge >= 0.3 is 0 Å². The molecule has 0 radical (unpaired) electrons. The summed E-state index contributed by atoms with van der Waals surface area (Å²) in [5.41, 5.74) is 5.64. The topological polar surface area (TPSA) is 114 Å². The normalized spacial score (nSPS) is 15.7. The smallest absolute Gasteiger partial charge is 0.271 e. The van der Waals surface area contributed by atoms with Crippen LogP contribution >= 0.6 is 11.6 Å². The van der Waals surface area contributed by atoms with Gasteiger partial charge in [-0.1, -0.05) is 23.7 Å². The number of rotatable bonds is 4. The second-order valence-corrected chi connectivity index (χ2v) is 7.86. The molecule has 0 atom stereocenters. The number of hydrogen-bond donors (Lipinski definition) is 1. The summed E-state index contributed by atoms with van der Waals surface area (Å²) in [5, 5.41) is 0.277. The van der Waals surface area contributed by atoms with Crippen LogP contribution in [0.1, 0.15) is 0 Å². The van der Waals surface area contributed by atoms with E-state index in [2.05, 4.69) is 9.98 Å². The van der Waals surface area contributed by atoms with Crippen molar-refractivity contribution in [1.82, 2.24) is 4.31 Å². The average Bonchev–Trinajstić information content (AvgIpc) is 2.63. The standard InChI is InChI=1S/C17H15ClN4O4S/c1-22-17(21-12-5-3-4-6-14(12)27(22,24)25)15(16(19)23)20-10-7-8-13(26-2)11(18)9-10/h3-9H,1-2H3,(H2,19,23). The van der Waals surface area contributed by atoms with E-state index in [-0.39, 0.29) is 27.2 Å². The highest BCUT2D eigenvalue weighted by atomic mass is 35.5. The lowest BCUT2D eigenvalue weighted by Gasteiger charge is -2.26. The highest BCUT2D eigenvalue weighted by Gasteiger charge is 2.35. The van der Waals surface area contributed by atoms with Crippen LogP contribution in [0, 0.1) is 0 Å². The first-order chi connectivity index (χ1) is 12.8. The third kappa shape index (κ3) is 3.38. The number of nitrogens with two attached hydrogens (primary N) is 1. The molecule has 2 aromatic carbocycles.